The summed E-state index contributed by atoms with van der Waals surface area (Å²) in [4.78, 5) is 26.4. The van der Waals surface area contributed by atoms with E-state index in [1.54, 1.807) is 14.2 Å². The van der Waals surface area contributed by atoms with E-state index in [9.17, 15) is 9.59 Å². The van der Waals surface area contributed by atoms with Crippen molar-refractivity contribution in [3.8, 4) is 11.5 Å². The first-order valence-corrected chi connectivity index (χ1v) is 9.66. The highest BCUT2D eigenvalue weighted by Crippen LogP contribution is 2.28. The number of nitrogens with zero attached hydrogens (tertiary/aromatic N) is 1. The highest BCUT2D eigenvalue weighted by molar-refractivity contribution is 5.78. The molecule has 0 saturated heterocycles. The molecule has 1 aliphatic rings. The fraction of sp³-hybridized carbons (Fsp3) is 0.619. The number of carbonyl (C=O) groups is 2. The molecule has 1 aromatic rings. The lowest BCUT2D eigenvalue weighted by atomic mass is 9.93. The van der Waals surface area contributed by atoms with Crippen molar-refractivity contribution >= 4 is 11.9 Å². The lowest BCUT2D eigenvalue weighted by Gasteiger charge is -2.34. The van der Waals surface area contributed by atoms with Crippen molar-refractivity contribution in [3.05, 3.63) is 23.8 Å². The summed E-state index contributed by atoms with van der Waals surface area (Å²) in [6, 6.07) is 5.95. The Morgan fingerprint density at radius 1 is 1.00 bits per heavy atom. The van der Waals surface area contributed by atoms with Crippen LogP contribution in [-0.2, 0) is 20.7 Å². The average molecular weight is 377 g/mol. The topological polar surface area (TPSA) is 65.1 Å². The van der Waals surface area contributed by atoms with Gasteiger partial charge in [-0.25, -0.2) is 0 Å². The summed E-state index contributed by atoms with van der Waals surface area (Å²) in [6.07, 6.45) is 6.82. The maximum absolute atomic E-state index is 12.9. The molecule has 2 rings (SSSR count). The van der Waals surface area contributed by atoms with E-state index in [1.807, 2.05) is 23.1 Å². The van der Waals surface area contributed by atoms with Crippen molar-refractivity contribution in [2.24, 2.45) is 0 Å². The van der Waals surface area contributed by atoms with Crippen LogP contribution in [0.25, 0.3) is 0 Å². The Morgan fingerprint density at radius 2 is 1.70 bits per heavy atom. The summed E-state index contributed by atoms with van der Waals surface area (Å²) in [6.45, 7) is 0.433. The summed E-state index contributed by atoms with van der Waals surface area (Å²) in [7, 11) is 4.58. The van der Waals surface area contributed by atoms with E-state index in [1.165, 1.54) is 13.5 Å². The van der Waals surface area contributed by atoms with Crippen molar-refractivity contribution in [3.63, 3.8) is 0 Å². The second-order valence-corrected chi connectivity index (χ2v) is 6.89. The number of hydrogen-bond donors (Lipinski definition) is 0. The van der Waals surface area contributed by atoms with Crippen LogP contribution >= 0.6 is 0 Å². The van der Waals surface area contributed by atoms with Gasteiger partial charge in [0.25, 0.3) is 0 Å². The monoisotopic (exact) mass is 377 g/mol. The SMILES string of the molecule is COC(=O)CCN(C(=O)CCc1ccc(OC)c(OC)c1)C1CCCCC1. The Bertz CT molecular complexity index is 625. The lowest BCUT2D eigenvalue weighted by Crippen LogP contribution is -2.42. The number of methoxy groups -OCH3 is 3. The first-order chi connectivity index (χ1) is 13.1. The zero-order valence-electron chi connectivity index (χ0n) is 16.7. The average Bonchev–Trinajstić information content (AvgIpc) is 2.72. The third-order valence-corrected chi connectivity index (χ3v) is 5.20. The van der Waals surface area contributed by atoms with E-state index in [2.05, 4.69) is 0 Å². The Hall–Kier alpha value is -2.24. The Labute approximate surface area is 161 Å². The first-order valence-electron chi connectivity index (χ1n) is 9.66. The molecular formula is C21H31NO5. The van der Waals surface area contributed by atoms with E-state index in [0.717, 1.165) is 31.2 Å². The number of amides is 1. The van der Waals surface area contributed by atoms with Crippen LogP contribution in [0.3, 0.4) is 0 Å². The number of hydrogen-bond acceptors (Lipinski definition) is 5. The molecule has 0 N–H and O–H groups in total. The fourth-order valence-electron chi connectivity index (χ4n) is 3.65. The molecule has 1 aliphatic carbocycles. The Balaban J connectivity index is 2.00. The van der Waals surface area contributed by atoms with E-state index in [-0.39, 0.29) is 24.3 Å². The molecule has 0 aliphatic heterocycles. The van der Waals surface area contributed by atoms with Gasteiger partial charge in [-0.05, 0) is 37.0 Å². The number of carbonyl (C=O) groups excluding carboxylic acids is 2. The number of rotatable bonds is 9. The standard InChI is InChI=1S/C21H31NO5/c1-25-18-11-9-16(15-19(18)26-2)10-12-20(23)22(14-13-21(24)27-3)17-7-5-4-6-8-17/h9,11,15,17H,4-8,10,12-14H2,1-3H3. The molecule has 1 amide bonds. The zero-order chi connectivity index (χ0) is 19.6. The maximum Gasteiger partial charge on any atom is 0.307 e. The first kappa shape index (κ1) is 21.1. The minimum absolute atomic E-state index is 0.0978. The summed E-state index contributed by atoms with van der Waals surface area (Å²) >= 11 is 0. The van der Waals surface area contributed by atoms with Crippen LogP contribution in [0.15, 0.2) is 18.2 Å². The van der Waals surface area contributed by atoms with Crippen molar-refractivity contribution in [1.82, 2.24) is 4.90 Å². The zero-order valence-corrected chi connectivity index (χ0v) is 16.7. The summed E-state index contributed by atoms with van der Waals surface area (Å²) in [5.74, 6) is 1.16. The van der Waals surface area contributed by atoms with Crippen LogP contribution in [0.4, 0.5) is 0 Å². The van der Waals surface area contributed by atoms with E-state index < -0.39 is 0 Å². The molecule has 0 atom stereocenters. The third kappa shape index (κ3) is 6.15. The predicted molar refractivity (Wildman–Crippen MR) is 103 cm³/mol. The second kappa shape index (κ2) is 10.8. The largest absolute Gasteiger partial charge is 0.493 e. The summed E-state index contributed by atoms with van der Waals surface area (Å²) < 4.78 is 15.3. The number of benzene rings is 1. The molecule has 0 aromatic heterocycles. The minimum atomic E-state index is -0.275. The number of aryl methyl sites for hydroxylation is 1. The van der Waals surface area contributed by atoms with E-state index >= 15 is 0 Å². The third-order valence-electron chi connectivity index (χ3n) is 5.20. The quantitative estimate of drug-likeness (QED) is 0.618. The molecule has 6 nitrogen and oxygen atoms in total. The minimum Gasteiger partial charge on any atom is -0.493 e. The van der Waals surface area contributed by atoms with Gasteiger partial charge in [0.15, 0.2) is 11.5 Å². The van der Waals surface area contributed by atoms with Gasteiger partial charge in [-0.1, -0.05) is 25.3 Å². The molecule has 0 spiro atoms. The molecule has 0 unspecified atom stereocenters. The molecule has 1 aromatic carbocycles. The van der Waals surface area contributed by atoms with Crippen LogP contribution in [0.2, 0.25) is 0 Å². The number of esters is 1. The summed E-state index contributed by atoms with van der Waals surface area (Å²) in [5, 5.41) is 0. The van der Waals surface area contributed by atoms with Gasteiger partial charge in [0.05, 0.1) is 27.8 Å². The van der Waals surface area contributed by atoms with Crippen molar-refractivity contribution in [2.45, 2.75) is 57.4 Å². The second-order valence-electron chi connectivity index (χ2n) is 6.89. The van der Waals surface area contributed by atoms with Crippen LogP contribution < -0.4 is 9.47 Å². The number of ether oxygens (including phenoxy) is 3. The molecule has 0 heterocycles. The maximum atomic E-state index is 12.9. The Morgan fingerprint density at radius 3 is 2.33 bits per heavy atom. The van der Waals surface area contributed by atoms with Crippen molar-refractivity contribution in [1.29, 1.82) is 0 Å². The van der Waals surface area contributed by atoms with Crippen LogP contribution in [-0.4, -0.2) is 50.7 Å². The smallest absolute Gasteiger partial charge is 0.307 e. The summed E-state index contributed by atoms with van der Waals surface area (Å²) in [5.41, 5.74) is 1.03. The van der Waals surface area contributed by atoms with Gasteiger partial charge in [0.1, 0.15) is 0 Å². The normalized spacial score (nSPS) is 14.5. The predicted octanol–water partition coefficient (Wildman–Crippen LogP) is 3.36. The molecule has 150 valence electrons. The van der Waals surface area contributed by atoms with Crippen molar-refractivity contribution in [2.75, 3.05) is 27.9 Å². The molecule has 0 radical (unpaired) electrons. The van der Waals surface area contributed by atoms with Crippen LogP contribution in [0.1, 0.15) is 50.5 Å². The van der Waals surface area contributed by atoms with Crippen LogP contribution in [0.5, 0.6) is 11.5 Å². The Kier molecular flexibility index (Phi) is 8.43. The molecule has 6 heteroatoms. The molecule has 27 heavy (non-hydrogen) atoms. The van der Waals surface area contributed by atoms with Gasteiger partial charge in [0.2, 0.25) is 5.91 Å². The van der Waals surface area contributed by atoms with Gasteiger partial charge in [0, 0.05) is 19.0 Å². The molecule has 1 fully saturated rings. The fourth-order valence-corrected chi connectivity index (χ4v) is 3.65. The van der Waals surface area contributed by atoms with Gasteiger partial charge in [-0.2, -0.15) is 0 Å². The van der Waals surface area contributed by atoms with Crippen LogP contribution in [0, 0.1) is 0 Å². The highest BCUT2D eigenvalue weighted by Gasteiger charge is 2.25. The van der Waals surface area contributed by atoms with E-state index in [4.69, 9.17) is 14.2 Å². The molecular weight excluding hydrogens is 346 g/mol. The van der Waals surface area contributed by atoms with Gasteiger partial charge < -0.3 is 19.1 Å². The van der Waals surface area contributed by atoms with Gasteiger partial charge in [-0.15, -0.1) is 0 Å². The van der Waals surface area contributed by atoms with E-state index in [0.29, 0.717) is 30.9 Å². The van der Waals surface area contributed by atoms with Gasteiger partial charge in [-0.3, -0.25) is 9.59 Å². The molecule has 0 bridgehead atoms. The van der Waals surface area contributed by atoms with Gasteiger partial charge >= 0.3 is 5.97 Å². The lowest BCUT2D eigenvalue weighted by molar-refractivity contribution is -0.142. The highest BCUT2D eigenvalue weighted by atomic mass is 16.5. The van der Waals surface area contributed by atoms with Crippen molar-refractivity contribution < 1.29 is 23.8 Å². The molecule has 1 saturated carbocycles.